The second-order valence-electron chi connectivity index (χ2n) is 3.96. The molecule has 0 heterocycles. The van der Waals surface area contributed by atoms with Crippen molar-refractivity contribution in [3.05, 3.63) is 30.3 Å². The molecule has 0 unspecified atom stereocenters. The monoisotopic (exact) mass is 253 g/mol. The Hall–Kier alpha value is -1.00. The van der Waals surface area contributed by atoms with Crippen molar-refractivity contribution in [1.29, 1.82) is 0 Å². The summed E-state index contributed by atoms with van der Waals surface area (Å²) in [5.74, 6) is 0.324. The van der Waals surface area contributed by atoms with Crippen molar-refractivity contribution in [3.63, 3.8) is 0 Å². The van der Waals surface area contributed by atoms with Crippen molar-refractivity contribution >= 4 is 17.7 Å². The summed E-state index contributed by atoms with van der Waals surface area (Å²) in [6.07, 6.45) is 0.984. The molecule has 0 aliphatic rings. The van der Waals surface area contributed by atoms with Gasteiger partial charge in [0.25, 0.3) is 0 Å². The highest BCUT2D eigenvalue weighted by molar-refractivity contribution is 7.99. The van der Waals surface area contributed by atoms with Gasteiger partial charge in [-0.05, 0) is 32.1 Å². The van der Waals surface area contributed by atoms with E-state index >= 15 is 0 Å². The first-order chi connectivity index (χ1) is 8.18. The Kier molecular flexibility index (Phi) is 6.74. The predicted octanol–water partition coefficient (Wildman–Crippen LogP) is 2.58. The van der Waals surface area contributed by atoms with Crippen LogP contribution < -0.4 is 0 Å². The Bertz CT molecular complexity index is 329. The van der Waals surface area contributed by atoms with Crippen LogP contribution in [0.1, 0.15) is 12.8 Å². The van der Waals surface area contributed by atoms with Crippen LogP contribution in [0.3, 0.4) is 0 Å². The number of hydrogen-bond acceptors (Lipinski definition) is 3. The first-order valence-electron chi connectivity index (χ1n) is 5.76. The summed E-state index contributed by atoms with van der Waals surface area (Å²) in [6.45, 7) is 1.83. The lowest BCUT2D eigenvalue weighted by Crippen LogP contribution is -2.22. The molecule has 0 atom stereocenters. The minimum absolute atomic E-state index is 0.260. The summed E-state index contributed by atoms with van der Waals surface area (Å²) in [5, 5.41) is 8.53. The maximum absolute atomic E-state index is 10.4. The number of thioether (sulfide) groups is 1. The van der Waals surface area contributed by atoms with Crippen LogP contribution in [0.2, 0.25) is 0 Å². The molecular weight excluding hydrogens is 234 g/mol. The standard InChI is InChI=1S/C13H19NO2S/c1-14(9-5-8-13(15)16)10-11-17-12-6-3-2-4-7-12/h2-4,6-7H,5,8-11H2,1H3,(H,15,16). The fraction of sp³-hybridized carbons (Fsp3) is 0.462. The van der Waals surface area contributed by atoms with Gasteiger partial charge in [-0.2, -0.15) is 0 Å². The Labute approximate surface area is 107 Å². The van der Waals surface area contributed by atoms with Crippen LogP contribution in [0.15, 0.2) is 35.2 Å². The van der Waals surface area contributed by atoms with Gasteiger partial charge in [0, 0.05) is 23.6 Å². The first kappa shape index (κ1) is 14.1. The molecule has 17 heavy (non-hydrogen) atoms. The van der Waals surface area contributed by atoms with E-state index in [-0.39, 0.29) is 6.42 Å². The Balaban J connectivity index is 2.08. The molecule has 3 nitrogen and oxygen atoms in total. The van der Waals surface area contributed by atoms with Gasteiger partial charge in [0.05, 0.1) is 0 Å². The van der Waals surface area contributed by atoms with Crippen molar-refractivity contribution in [2.45, 2.75) is 17.7 Å². The summed E-state index contributed by atoms with van der Waals surface area (Å²) in [4.78, 5) is 13.8. The van der Waals surface area contributed by atoms with Gasteiger partial charge in [-0.15, -0.1) is 11.8 Å². The summed E-state index contributed by atoms with van der Waals surface area (Å²) in [6, 6.07) is 10.3. The molecule has 0 saturated heterocycles. The first-order valence-corrected chi connectivity index (χ1v) is 6.75. The maximum Gasteiger partial charge on any atom is 0.303 e. The maximum atomic E-state index is 10.4. The SMILES string of the molecule is CN(CCCC(=O)O)CCSc1ccccc1. The highest BCUT2D eigenvalue weighted by Crippen LogP contribution is 2.16. The van der Waals surface area contributed by atoms with E-state index in [0.717, 1.165) is 25.3 Å². The fourth-order valence-corrected chi connectivity index (χ4v) is 2.44. The Morgan fingerprint density at radius 2 is 2.00 bits per heavy atom. The third-order valence-electron chi connectivity index (χ3n) is 2.42. The zero-order valence-corrected chi connectivity index (χ0v) is 10.9. The Morgan fingerprint density at radius 3 is 2.65 bits per heavy atom. The second-order valence-corrected chi connectivity index (χ2v) is 5.13. The molecule has 0 radical (unpaired) electrons. The van der Waals surface area contributed by atoms with E-state index in [1.54, 1.807) is 0 Å². The summed E-state index contributed by atoms with van der Waals surface area (Å²) < 4.78 is 0. The summed E-state index contributed by atoms with van der Waals surface area (Å²) in [5.41, 5.74) is 0. The lowest BCUT2D eigenvalue weighted by molar-refractivity contribution is -0.137. The van der Waals surface area contributed by atoms with Gasteiger partial charge in [-0.1, -0.05) is 18.2 Å². The van der Waals surface area contributed by atoms with Crippen molar-refractivity contribution in [1.82, 2.24) is 4.90 Å². The lowest BCUT2D eigenvalue weighted by atomic mass is 10.3. The number of carbonyl (C=O) groups is 1. The number of nitrogens with zero attached hydrogens (tertiary/aromatic N) is 1. The van der Waals surface area contributed by atoms with Gasteiger partial charge in [0.2, 0.25) is 0 Å². The number of aliphatic carboxylic acids is 1. The molecule has 4 heteroatoms. The zero-order chi connectivity index (χ0) is 12.5. The van der Waals surface area contributed by atoms with Crippen LogP contribution in [-0.4, -0.2) is 41.9 Å². The second kappa shape index (κ2) is 8.14. The van der Waals surface area contributed by atoms with Crippen molar-refractivity contribution in [2.24, 2.45) is 0 Å². The van der Waals surface area contributed by atoms with Gasteiger partial charge in [0.15, 0.2) is 0 Å². The van der Waals surface area contributed by atoms with E-state index in [9.17, 15) is 4.79 Å². The van der Waals surface area contributed by atoms with Crippen LogP contribution in [0, 0.1) is 0 Å². The number of carboxylic acid groups (broad SMARTS) is 1. The molecule has 0 saturated carbocycles. The molecule has 1 N–H and O–H groups in total. The van der Waals surface area contributed by atoms with Gasteiger partial charge in [0.1, 0.15) is 0 Å². The Morgan fingerprint density at radius 1 is 1.29 bits per heavy atom. The molecule has 1 aromatic rings. The highest BCUT2D eigenvalue weighted by atomic mass is 32.2. The van der Waals surface area contributed by atoms with Crippen molar-refractivity contribution in [3.8, 4) is 0 Å². The average Bonchev–Trinajstić information content (AvgIpc) is 2.30. The van der Waals surface area contributed by atoms with Crippen LogP contribution >= 0.6 is 11.8 Å². The number of benzene rings is 1. The van der Waals surface area contributed by atoms with E-state index in [0.29, 0.717) is 0 Å². The quantitative estimate of drug-likeness (QED) is 0.723. The third kappa shape index (κ3) is 7.02. The molecular formula is C13H19NO2S. The number of hydrogen-bond donors (Lipinski definition) is 1. The van der Waals surface area contributed by atoms with Crippen LogP contribution in [-0.2, 0) is 4.79 Å². The molecule has 0 spiro atoms. The van der Waals surface area contributed by atoms with Crippen LogP contribution in [0.25, 0.3) is 0 Å². The average molecular weight is 253 g/mol. The third-order valence-corrected chi connectivity index (χ3v) is 3.41. The molecule has 1 rings (SSSR count). The largest absolute Gasteiger partial charge is 0.481 e. The summed E-state index contributed by atoms with van der Waals surface area (Å²) in [7, 11) is 2.04. The fourth-order valence-electron chi connectivity index (χ4n) is 1.45. The highest BCUT2D eigenvalue weighted by Gasteiger charge is 2.01. The zero-order valence-electron chi connectivity index (χ0n) is 10.1. The molecule has 0 aliphatic carbocycles. The molecule has 0 amide bonds. The van der Waals surface area contributed by atoms with Gasteiger partial charge in [-0.3, -0.25) is 4.79 Å². The summed E-state index contributed by atoms with van der Waals surface area (Å²) >= 11 is 1.83. The number of carboxylic acids is 1. The molecule has 0 bridgehead atoms. The normalized spacial score (nSPS) is 10.7. The van der Waals surface area contributed by atoms with Gasteiger partial charge >= 0.3 is 5.97 Å². The van der Waals surface area contributed by atoms with Crippen LogP contribution in [0.5, 0.6) is 0 Å². The minimum Gasteiger partial charge on any atom is -0.481 e. The molecule has 94 valence electrons. The van der Waals surface area contributed by atoms with E-state index < -0.39 is 5.97 Å². The van der Waals surface area contributed by atoms with Gasteiger partial charge < -0.3 is 10.0 Å². The molecule has 0 fully saturated rings. The van der Waals surface area contributed by atoms with E-state index in [1.807, 2.05) is 37.0 Å². The predicted molar refractivity (Wildman–Crippen MR) is 71.5 cm³/mol. The van der Waals surface area contributed by atoms with E-state index in [4.69, 9.17) is 5.11 Å². The molecule has 1 aromatic carbocycles. The van der Waals surface area contributed by atoms with E-state index in [2.05, 4.69) is 17.0 Å². The van der Waals surface area contributed by atoms with Crippen LogP contribution in [0.4, 0.5) is 0 Å². The van der Waals surface area contributed by atoms with Gasteiger partial charge in [-0.25, -0.2) is 0 Å². The molecule has 0 aliphatic heterocycles. The minimum atomic E-state index is -0.711. The van der Waals surface area contributed by atoms with E-state index in [1.165, 1.54) is 4.90 Å². The topological polar surface area (TPSA) is 40.5 Å². The lowest BCUT2D eigenvalue weighted by Gasteiger charge is -2.15. The smallest absolute Gasteiger partial charge is 0.303 e. The van der Waals surface area contributed by atoms with Crippen molar-refractivity contribution < 1.29 is 9.90 Å². The number of rotatable bonds is 8. The molecule has 0 aromatic heterocycles. The van der Waals surface area contributed by atoms with Crippen molar-refractivity contribution in [2.75, 3.05) is 25.9 Å².